The number of rotatable bonds is 7. The van der Waals surface area contributed by atoms with Gasteiger partial charge in [-0.2, -0.15) is 0 Å². The van der Waals surface area contributed by atoms with E-state index in [4.69, 9.17) is 4.74 Å². The standard InChI is InChI=1S/C6H15O12P3S/c1-4-2-5(7)6(22,16-4)3-15-20(11,12)18-21(13,14)17-19(8,9)10/h4-5,7,22H,2-3H2,1H3,(H,11,12)(H,13,14)(H2,8,9,10)/p-4. The molecule has 1 saturated heterocycles. The molecule has 1 N–H and O–H groups in total. The highest BCUT2D eigenvalue weighted by molar-refractivity contribution is 7.81. The fourth-order valence-electron chi connectivity index (χ4n) is 1.56. The Balaban J connectivity index is 2.67. The summed E-state index contributed by atoms with van der Waals surface area (Å²) >= 11 is 3.89. The maximum Gasteiger partial charge on any atom is 0.278 e. The Kier molecular flexibility index (Phi) is 6.49. The molecule has 0 aliphatic carbocycles. The monoisotopic (exact) mass is 400 g/mol. The first kappa shape index (κ1) is 20.7. The number of aliphatic hydroxyl groups is 1. The summed E-state index contributed by atoms with van der Waals surface area (Å²) in [6, 6.07) is 0. The molecule has 1 fully saturated rings. The molecule has 5 unspecified atom stereocenters. The zero-order chi connectivity index (χ0) is 17.4. The van der Waals surface area contributed by atoms with Crippen LogP contribution in [0.25, 0.3) is 0 Å². The molecular weight excluding hydrogens is 389 g/mol. The van der Waals surface area contributed by atoms with Crippen LogP contribution in [0.5, 0.6) is 0 Å². The number of phosphoric acid groups is 3. The second kappa shape index (κ2) is 6.89. The van der Waals surface area contributed by atoms with E-state index < -0.39 is 47.2 Å². The number of hydrogen-bond acceptors (Lipinski definition) is 13. The predicted octanol–water partition coefficient (Wildman–Crippen LogP) is -2.40. The van der Waals surface area contributed by atoms with Gasteiger partial charge in [-0.05, 0) is 6.92 Å². The van der Waals surface area contributed by atoms with Crippen LogP contribution in [0, 0.1) is 0 Å². The van der Waals surface area contributed by atoms with E-state index >= 15 is 0 Å². The maximum absolute atomic E-state index is 11.3. The van der Waals surface area contributed by atoms with Gasteiger partial charge in [0.1, 0.15) is 0 Å². The molecule has 0 radical (unpaired) electrons. The van der Waals surface area contributed by atoms with Crippen molar-refractivity contribution in [1.29, 1.82) is 0 Å². The van der Waals surface area contributed by atoms with Crippen LogP contribution in [-0.2, 0) is 31.6 Å². The van der Waals surface area contributed by atoms with Crippen LogP contribution < -0.4 is 19.6 Å². The highest BCUT2D eigenvalue weighted by Gasteiger charge is 2.45. The zero-order valence-corrected chi connectivity index (χ0v) is 14.4. The van der Waals surface area contributed by atoms with Crippen LogP contribution in [-0.4, -0.2) is 28.9 Å². The molecule has 0 bridgehead atoms. The van der Waals surface area contributed by atoms with E-state index in [1.54, 1.807) is 6.92 Å². The van der Waals surface area contributed by atoms with E-state index in [0.29, 0.717) is 0 Å². The third-order valence-electron chi connectivity index (χ3n) is 2.31. The topological polar surface area (TPSA) is 201 Å². The Morgan fingerprint density at radius 2 is 1.77 bits per heavy atom. The summed E-state index contributed by atoms with van der Waals surface area (Å²) in [6.07, 6.45) is -1.57. The van der Waals surface area contributed by atoms with Crippen molar-refractivity contribution in [3.8, 4) is 0 Å². The number of ether oxygens (including phenoxy) is 1. The molecule has 1 aliphatic heterocycles. The fraction of sp³-hybridized carbons (Fsp3) is 1.00. The molecule has 12 nitrogen and oxygen atoms in total. The first-order chi connectivity index (χ1) is 9.64. The van der Waals surface area contributed by atoms with Gasteiger partial charge in [0.25, 0.3) is 15.6 Å². The van der Waals surface area contributed by atoms with Gasteiger partial charge >= 0.3 is 0 Å². The van der Waals surface area contributed by atoms with Crippen molar-refractivity contribution >= 4 is 36.1 Å². The van der Waals surface area contributed by atoms with Gasteiger partial charge in [-0.3, -0.25) is 13.4 Å². The minimum absolute atomic E-state index is 0.121. The molecule has 0 aromatic heterocycles. The normalized spacial score (nSPS) is 35.0. The lowest BCUT2D eigenvalue weighted by molar-refractivity contribution is -0.339. The van der Waals surface area contributed by atoms with Gasteiger partial charge in [0.2, 0.25) is 0 Å². The lowest BCUT2D eigenvalue weighted by Crippen LogP contribution is -2.38. The molecule has 16 heteroatoms. The number of aliphatic hydroxyl groups excluding tert-OH is 1. The molecule has 1 aliphatic rings. The highest BCUT2D eigenvalue weighted by atomic mass is 32.1. The van der Waals surface area contributed by atoms with Crippen LogP contribution in [0.1, 0.15) is 13.3 Å². The minimum Gasteiger partial charge on any atom is -0.790 e. The van der Waals surface area contributed by atoms with Gasteiger partial charge in [-0.1, -0.05) is 0 Å². The minimum atomic E-state index is -6.04. The first-order valence-electron chi connectivity index (χ1n) is 5.44. The SMILES string of the molecule is CC1CC(O)C(S)(COP(=O)([O-])OP(=O)([O-])OP(=O)([O-])[O-])O1. The van der Waals surface area contributed by atoms with E-state index in [2.05, 4.69) is 25.8 Å². The molecule has 0 amide bonds. The van der Waals surface area contributed by atoms with Gasteiger partial charge in [0.05, 0.1) is 26.6 Å². The second-order valence-corrected chi connectivity index (χ2v) is 9.31. The summed E-state index contributed by atoms with van der Waals surface area (Å²) in [4.78, 5) is 40.7. The molecule has 0 aromatic carbocycles. The van der Waals surface area contributed by atoms with Crippen LogP contribution in [0.4, 0.5) is 0 Å². The number of hydrogen-bond donors (Lipinski definition) is 2. The third kappa shape index (κ3) is 6.66. The lowest BCUT2D eigenvalue weighted by Gasteiger charge is -2.38. The van der Waals surface area contributed by atoms with Crippen LogP contribution in [0.3, 0.4) is 0 Å². The van der Waals surface area contributed by atoms with Crippen LogP contribution in [0.2, 0.25) is 0 Å². The largest absolute Gasteiger partial charge is 0.790 e. The summed E-state index contributed by atoms with van der Waals surface area (Å²) in [5, 5.41) is 9.63. The van der Waals surface area contributed by atoms with Gasteiger partial charge in [-0.15, -0.1) is 12.6 Å². The average molecular weight is 400 g/mol. The van der Waals surface area contributed by atoms with Gasteiger partial charge < -0.3 is 38.5 Å². The third-order valence-corrected chi connectivity index (χ3v) is 6.49. The maximum atomic E-state index is 11.3. The molecule has 0 aromatic rings. The average Bonchev–Trinajstić information content (AvgIpc) is 2.45. The van der Waals surface area contributed by atoms with E-state index in [9.17, 15) is 38.4 Å². The number of phosphoric ester groups is 1. The molecule has 22 heavy (non-hydrogen) atoms. The van der Waals surface area contributed by atoms with Gasteiger partial charge in [0.15, 0.2) is 4.93 Å². The molecule has 1 heterocycles. The Bertz CT molecular complexity index is 547. The van der Waals surface area contributed by atoms with Crippen molar-refractivity contribution in [2.75, 3.05) is 6.61 Å². The van der Waals surface area contributed by atoms with Gasteiger partial charge in [0, 0.05) is 6.42 Å². The second-order valence-electron chi connectivity index (χ2n) is 4.30. The first-order valence-corrected chi connectivity index (χ1v) is 10.3. The van der Waals surface area contributed by atoms with Crippen LogP contribution in [0.15, 0.2) is 0 Å². The van der Waals surface area contributed by atoms with Crippen molar-refractivity contribution in [1.82, 2.24) is 0 Å². The van der Waals surface area contributed by atoms with Crippen molar-refractivity contribution in [3.05, 3.63) is 0 Å². The smallest absolute Gasteiger partial charge is 0.278 e. The number of thiol groups is 1. The molecule has 0 saturated carbocycles. The van der Waals surface area contributed by atoms with E-state index in [-0.39, 0.29) is 6.42 Å². The Labute approximate surface area is 130 Å². The molecular formula is C6H11O12P3S-4. The van der Waals surface area contributed by atoms with Crippen molar-refractivity contribution in [3.63, 3.8) is 0 Å². The summed E-state index contributed by atoms with van der Waals surface area (Å²) in [7, 11) is -17.7. The quantitative estimate of drug-likeness (QED) is 0.339. The van der Waals surface area contributed by atoms with E-state index in [1.807, 2.05) is 0 Å². The van der Waals surface area contributed by atoms with Crippen molar-refractivity contribution < 1.29 is 56.3 Å². The highest BCUT2D eigenvalue weighted by Crippen LogP contribution is 2.60. The molecule has 5 atom stereocenters. The Morgan fingerprint density at radius 1 is 1.23 bits per heavy atom. The summed E-state index contributed by atoms with van der Waals surface area (Å²) < 4.78 is 47.9. The van der Waals surface area contributed by atoms with Crippen molar-refractivity contribution in [2.45, 2.75) is 30.5 Å². The predicted molar refractivity (Wildman–Crippen MR) is 63.8 cm³/mol. The van der Waals surface area contributed by atoms with Crippen LogP contribution >= 0.6 is 36.1 Å². The van der Waals surface area contributed by atoms with E-state index in [0.717, 1.165) is 0 Å². The summed E-state index contributed by atoms with van der Waals surface area (Å²) in [5.74, 6) is 0. The summed E-state index contributed by atoms with van der Waals surface area (Å²) in [5.41, 5.74) is 0. The van der Waals surface area contributed by atoms with E-state index in [1.165, 1.54) is 0 Å². The Morgan fingerprint density at radius 3 is 2.18 bits per heavy atom. The summed E-state index contributed by atoms with van der Waals surface area (Å²) in [6.45, 7) is 0.628. The molecule has 132 valence electrons. The van der Waals surface area contributed by atoms with Gasteiger partial charge in [-0.25, -0.2) is 4.31 Å². The van der Waals surface area contributed by atoms with Crippen molar-refractivity contribution in [2.24, 2.45) is 0 Å². The lowest BCUT2D eigenvalue weighted by atomic mass is 10.1. The zero-order valence-electron chi connectivity index (χ0n) is 10.8. The fourth-order valence-corrected chi connectivity index (χ4v) is 4.90. The Hall–Kier alpha value is 0.680. The molecule has 0 spiro atoms. The molecule has 1 rings (SSSR count).